The molecule has 1 aliphatic heterocycles. The van der Waals surface area contributed by atoms with E-state index < -0.39 is 0 Å². The highest BCUT2D eigenvalue weighted by Gasteiger charge is 2.20. The second-order valence-electron chi connectivity index (χ2n) is 3.87. The molecule has 82 valence electrons. The highest BCUT2D eigenvalue weighted by molar-refractivity contribution is 9.10. The first-order valence-electron chi connectivity index (χ1n) is 5.25. The van der Waals surface area contributed by atoms with E-state index in [1.165, 1.54) is 21.4 Å². The molecule has 1 aliphatic rings. The van der Waals surface area contributed by atoms with E-state index in [4.69, 9.17) is 0 Å². The van der Waals surface area contributed by atoms with Crippen LogP contribution in [0.15, 0.2) is 46.3 Å². The minimum atomic E-state index is 0.496. The quantitative estimate of drug-likeness (QED) is 0.794. The molecule has 0 radical (unpaired) electrons. The maximum atomic E-state index is 4.11. The number of aryl methyl sites for hydroxylation is 1. The van der Waals surface area contributed by atoms with Crippen molar-refractivity contribution in [1.82, 2.24) is 9.55 Å². The van der Waals surface area contributed by atoms with E-state index in [2.05, 4.69) is 43.7 Å². The molecule has 3 rings (SSSR count). The van der Waals surface area contributed by atoms with Gasteiger partial charge in [-0.1, -0.05) is 15.9 Å². The molecule has 0 N–H and O–H groups in total. The van der Waals surface area contributed by atoms with Crippen LogP contribution in [0.25, 0.3) is 0 Å². The van der Waals surface area contributed by atoms with Gasteiger partial charge in [-0.2, -0.15) is 0 Å². The summed E-state index contributed by atoms with van der Waals surface area (Å²) in [6.45, 7) is 0. The minimum Gasteiger partial charge on any atom is -0.325 e. The van der Waals surface area contributed by atoms with Crippen LogP contribution in [-0.2, 0) is 6.42 Å². The molecular formula is C12H11BrN2S. The zero-order valence-electron chi connectivity index (χ0n) is 8.64. The summed E-state index contributed by atoms with van der Waals surface area (Å²) in [7, 11) is 0. The van der Waals surface area contributed by atoms with Crippen molar-refractivity contribution in [3.63, 3.8) is 0 Å². The van der Waals surface area contributed by atoms with Crippen LogP contribution in [0, 0.1) is 0 Å². The van der Waals surface area contributed by atoms with Gasteiger partial charge in [0.25, 0.3) is 0 Å². The van der Waals surface area contributed by atoms with Crippen molar-refractivity contribution >= 4 is 27.7 Å². The molecule has 0 saturated heterocycles. The summed E-state index contributed by atoms with van der Waals surface area (Å²) < 4.78 is 3.36. The number of thioether (sulfide) groups is 1. The van der Waals surface area contributed by atoms with Gasteiger partial charge in [-0.25, -0.2) is 4.98 Å². The summed E-state index contributed by atoms with van der Waals surface area (Å²) in [6.07, 6.45) is 8.11. The van der Waals surface area contributed by atoms with Crippen LogP contribution in [0.3, 0.4) is 0 Å². The summed E-state index contributed by atoms with van der Waals surface area (Å²) in [5.74, 6) is 0. The number of hydrogen-bond donors (Lipinski definition) is 0. The number of nitrogens with zero attached hydrogens (tertiary/aromatic N) is 2. The lowest BCUT2D eigenvalue weighted by Gasteiger charge is -2.25. The molecule has 0 amide bonds. The van der Waals surface area contributed by atoms with Gasteiger partial charge in [0, 0.05) is 21.8 Å². The molecule has 1 atom stereocenters. The molecule has 2 nitrogen and oxygen atoms in total. The third-order valence-electron chi connectivity index (χ3n) is 2.80. The molecule has 1 aromatic carbocycles. The summed E-state index contributed by atoms with van der Waals surface area (Å²) >= 11 is 5.45. The Kier molecular flexibility index (Phi) is 2.77. The van der Waals surface area contributed by atoms with Gasteiger partial charge in [-0.15, -0.1) is 11.8 Å². The summed E-state index contributed by atoms with van der Waals surface area (Å²) in [5.41, 5.74) is 1.45. The van der Waals surface area contributed by atoms with Crippen molar-refractivity contribution in [2.45, 2.75) is 23.1 Å². The third-order valence-corrected chi connectivity index (χ3v) is 4.70. The van der Waals surface area contributed by atoms with Crippen molar-refractivity contribution in [1.29, 1.82) is 0 Å². The molecule has 0 saturated carbocycles. The van der Waals surface area contributed by atoms with Crippen molar-refractivity contribution in [3.8, 4) is 0 Å². The summed E-state index contributed by atoms with van der Waals surface area (Å²) in [6, 6.07) is 6.54. The molecule has 0 spiro atoms. The maximum Gasteiger partial charge on any atom is 0.0955 e. The van der Waals surface area contributed by atoms with Gasteiger partial charge in [0.05, 0.1) is 11.7 Å². The van der Waals surface area contributed by atoms with Crippen LogP contribution in [0.2, 0.25) is 0 Å². The number of imidazole rings is 1. The first-order valence-corrected chi connectivity index (χ1v) is 6.93. The predicted molar refractivity (Wildman–Crippen MR) is 69.6 cm³/mol. The second kappa shape index (κ2) is 4.26. The van der Waals surface area contributed by atoms with E-state index >= 15 is 0 Å². The summed E-state index contributed by atoms with van der Waals surface area (Å²) in [5, 5.41) is 0.496. The minimum absolute atomic E-state index is 0.496. The van der Waals surface area contributed by atoms with Gasteiger partial charge in [0.15, 0.2) is 0 Å². The standard InChI is InChI=1S/C12H11BrN2S/c13-10-2-3-11-9(7-10)1-4-12(16-11)15-6-5-14-8-15/h2-3,5-8,12H,1,4H2. The van der Waals surface area contributed by atoms with Crippen LogP contribution >= 0.6 is 27.7 Å². The Labute approximate surface area is 107 Å². The van der Waals surface area contributed by atoms with Gasteiger partial charge in [-0.3, -0.25) is 0 Å². The fourth-order valence-electron chi connectivity index (χ4n) is 1.99. The Morgan fingerprint density at radius 2 is 2.38 bits per heavy atom. The molecule has 0 bridgehead atoms. The van der Waals surface area contributed by atoms with E-state index in [0.29, 0.717) is 5.37 Å². The van der Waals surface area contributed by atoms with E-state index in [9.17, 15) is 0 Å². The number of hydrogen-bond acceptors (Lipinski definition) is 2. The highest BCUT2D eigenvalue weighted by atomic mass is 79.9. The molecular weight excluding hydrogens is 284 g/mol. The molecule has 0 aliphatic carbocycles. The zero-order valence-corrected chi connectivity index (χ0v) is 11.0. The number of benzene rings is 1. The van der Waals surface area contributed by atoms with E-state index in [-0.39, 0.29) is 0 Å². The summed E-state index contributed by atoms with van der Waals surface area (Å²) in [4.78, 5) is 5.51. The SMILES string of the molecule is Brc1ccc2c(c1)CCC(n1ccnc1)S2. The van der Waals surface area contributed by atoms with Crippen LogP contribution in [0.4, 0.5) is 0 Å². The van der Waals surface area contributed by atoms with E-state index in [1.807, 2.05) is 30.5 Å². The normalized spacial score (nSPS) is 19.4. The topological polar surface area (TPSA) is 17.8 Å². The average molecular weight is 295 g/mol. The van der Waals surface area contributed by atoms with Gasteiger partial charge in [0.1, 0.15) is 0 Å². The monoisotopic (exact) mass is 294 g/mol. The fourth-order valence-corrected chi connectivity index (χ4v) is 3.64. The van der Waals surface area contributed by atoms with E-state index in [0.717, 1.165) is 6.42 Å². The van der Waals surface area contributed by atoms with Crippen molar-refractivity contribution in [2.75, 3.05) is 0 Å². The molecule has 2 heterocycles. The lowest BCUT2D eigenvalue weighted by Crippen LogP contribution is -2.09. The first kappa shape index (κ1) is 10.4. The highest BCUT2D eigenvalue weighted by Crippen LogP contribution is 2.42. The molecule has 1 unspecified atom stereocenters. The van der Waals surface area contributed by atoms with Gasteiger partial charge >= 0.3 is 0 Å². The molecule has 0 fully saturated rings. The van der Waals surface area contributed by atoms with Crippen LogP contribution in [0.5, 0.6) is 0 Å². The Hall–Kier alpha value is -0.740. The number of fused-ring (bicyclic) bond motifs is 1. The first-order chi connectivity index (χ1) is 7.83. The lowest BCUT2D eigenvalue weighted by atomic mass is 10.1. The lowest BCUT2D eigenvalue weighted by molar-refractivity contribution is 0.608. The average Bonchev–Trinajstić information content (AvgIpc) is 2.82. The Morgan fingerprint density at radius 3 is 3.19 bits per heavy atom. The van der Waals surface area contributed by atoms with Crippen molar-refractivity contribution in [2.24, 2.45) is 0 Å². The molecule has 16 heavy (non-hydrogen) atoms. The molecule has 2 aromatic rings. The molecule has 1 aromatic heterocycles. The number of rotatable bonds is 1. The smallest absolute Gasteiger partial charge is 0.0955 e. The van der Waals surface area contributed by atoms with Crippen molar-refractivity contribution < 1.29 is 0 Å². The zero-order chi connectivity index (χ0) is 11.0. The number of aromatic nitrogens is 2. The third kappa shape index (κ3) is 1.92. The van der Waals surface area contributed by atoms with Crippen LogP contribution in [-0.4, -0.2) is 9.55 Å². The van der Waals surface area contributed by atoms with Crippen LogP contribution < -0.4 is 0 Å². The Morgan fingerprint density at radius 1 is 1.44 bits per heavy atom. The van der Waals surface area contributed by atoms with Crippen molar-refractivity contribution in [3.05, 3.63) is 47.0 Å². The van der Waals surface area contributed by atoms with Gasteiger partial charge in [-0.05, 0) is 36.6 Å². The molecule has 4 heteroatoms. The van der Waals surface area contributed by atoms with Crippen LogP contribution in [0.1, 0.15) is 17.4 Å². The number of halogens is 1. The largest absolute Gasteiger partial charge is 0.325 e. The predicted octanol–water partition coefficient (Wildman–Crippen LogP) is 3.88. The Balaban J connectivity index is 1.89. The maximum absolute atomic E-state index is 4.11. The fraction of sp³-hybridized carbons (Fsp3) is 0.250. The van der Waals surface area contributed by atoms with E-state index in [1.54, 1.807) is 0 Å². The second-order valence-corrected chi connectivity index (χ2v) is 6.01. The van der Waals surface area contributed by atoms with Gasteiger partial charge in [0.2, 0.25) is 0 Å². The Bertz CT molecular complexity index is 496. The van der Waals surface area contributed by atoms with Gasteiger partial charge < -0.3 is 4.57 Å².